The Labute approximate surface area is 99.7 Å². The molecule has 0 radical (unpaired) electrons. The van der Waals surface area contributed by atoms with Gasteiger partial charge < -0.3 is 4.74 Å². The zero-order chi connectivity index (χ0) is 13.7. The largest absolute Gasteiger partial charge is 0.465 e. The Morgan fingerprint density at radius 2 is 1.88 bits per heavy atom. The third-order valence-corrected chi connectivity index (χ3v) is 2.22. The summed E-state index contributed by atoms with van der Waals surface area (Å²) in [5, 5.41) is 2.25. The Bertz CT molecular complexity index is 254. The van der Waals surface area contributed by atoms with Crippen molar-refractivity contribution in [1.29, 1.82) is 0 Å². The molecule has 0 saturated carbocycles. The summed E-state index contributed by atoms with van der Waals surface area (Å²) in [6.45, 7) is 5.70. The van der Waals surface area contributed by atoms with E-state index in [2.05, 4.69) is 5.32 Å². The Balaban J connectivity index is 4.66. The van der Waals surface area contributed by atoms with Gasteiger partial charge in [-0.15, -0.1) is 0 Å². The van der Waals surface area contributed by atoms with Gasteiger partial charge in [0.15, 0.2) is 0 Å². The number of carbonyl (C=O) groups is 1. The van der Waals surface area contributed by atoms with Crippen molar-refractivity contribution < 1.29 is 22.7 Å². The molecule has 0 saturated heterocycles. The lowest BCUT2D eigenvalue weighted by molar-refractivity contribution is -0.155. The van der Waals surface area contributed by atoms with Crippen LogP contribution in [-0.2, 0) is 9.53 Å². The van der Waals surface area contributed by atoms with Crippen molar-refractivity contribution in [2.24, 2.45) is 5.92 Å². The van der Waals surface area contributed by atoms with Crippen molar-refractivity contribution in [1.82, 2.24) is 5.32 Å². The Morgan fingerprint density at radius 1 is 1.35 bits per heavy atom. The molecule has 0 aromatic heterocycles. The van der Waals surface area contributed by atoms with Crippen molar-refractivity contribution in [3.8, 4) is 0 Å². The lowest BCUT2D eigenvalue weighted by Crippen LogP contribution is -2.54. The molecule has 102 valence electrons. The zero-order valence-corrected chi connectivity index (χ0v) is 10.6. The Hall–Kier alpha value is -0.780. The van der Waals surface area contributed by atoms with Crippen LogP contribution in [0.5, 0.6) is 0 Å². The van der Waals surface area contributed by atoms with E-state index in [0.717, 1.165) is 0 Å². The first-order valence-electron chi connectivity index (χ1n) is 5.59. The highest BCUT2D eigenvalue weighted by atomic mass is 19.4. The number of carbonyl (C=O) groups excluding carboxylic acids is 1. The number of hydrogen-bond acceptors (Lipinski definition) is 3. The molecule has 0 heterocycles. The second-order valence-corrected chi connectivity index (χ2v) is 4.62. The van der Waals surface area contributed by atoms with Crippen LogP contribution < -0.4 is 5.32 Å². The normalized spacial score (nSPS) is 15.8. The van der Waals surface area contributed by atoms with Crippen LogP contribution in [0.25, 0.3) is 0 Å². The van der Waals surface area contributed by atoms with Gasteiger partial charge >= 0.3 is 12.1 Å². The highest BCUT2D eigenvalue weighted by molar-refractivity contribution is 5.80. The van der Waals surface area contributed by atoms with E-state index in [9.17, 15) is 18.0 Å². The molecule has 0 aromatic rings. The molecule has 17 heavy (non-hydrogen) atoms. The van der Waals surface area contributed by atoms with Gasteiger partial charge in [-0.25, -0.2) is 0 Å². The maximum Gasteiger partial charge on any atom is 0.401 e. The topological polar surface area (TPSA) is 38.3 Å². The van der Waals surface area contributed by atoms with E-state index in [4.69, 9.17) is 4.74 Å². The molecule has 0 spiro atoms. The first-order chi connectivity index (χ1) is 7.60. The van der Waals surface area contributed by atoms with Crippen LogP contribution in [-0.4, -0.2) is 30.8 Å². The lowest BCUT2D eigenvalue weighted by Gasteiger charge is -2.30. The maximum atomic E-state index is 12.2. The van der Waals surface area contributed by atoms with Crippen molar-refractivity contribution in [2.45, 2.75) is 45.8 Å². The molecule has 0 aliphatic heterocycles. The van der Waals surface area contributed by atoms with E-state index in [1.807, 2.05) is 13.8 Å². The minimum absolute atomic E-state index is 0.0881. The van der Waals surface area contributed by atoms with Gasteiger partial charge in [0.1, 0.15) is 5.54 Å². The van der Waals surface area contributed by atoms with Crippen molar-refractivity contribution in [2.75, 3.05) is 13.2 Å². The van der Waals surface area contributed by atoms with Crippen LogP contribution in [0.4, 0.5) is 13.2 Å². The molecular formula is C11H20F3NO2. The summed E-state index contributed by atoms with van der Waals surface area (Å²) in [5.41, 5.74) is -1.29. The molecule has 0 aromatic carbocycles. The second-order valence-electron chi connectivity index (χ2n) is 4.62. The van der Waals surface area contributed by atoms with E-state index in [1.165, 1.54) is 6.92 Å². The van der Waals surface area contributed by atoms with E-state index in [1.54, 1.807) is 6.92 Å². The molecule has 0 bridgehead atoms. The molecule has 6 heteroatoms. The fourth-order valence-corrected chi connectivity index (χ4v) is 1.63. The highest BCUT2D eigenvalue weighted by Gasteiger charge is 2.39. The molecule has 1 unspecified atom stereocenters. The summed E-state index contributed by atoms with van der Waals surface area (Å²) in [4.78, 5) is 11.7. The smallest absolute Gasteiger partial charge is 0.401 e. The number of rotatable bonds is 6. The van der Waals surface area contributed by atoms with Crippen LogP contribution in [0.1, 0.15) is 34.1 Å². The first-order valence-corrected chi connectivity index (χ1v) is 5.59. The van der Waals surface area contributed by atoms with E-state index < -0.39 is 24.2 Å². The van der Waals surface area contributed by atoms with Crippen molar-refractivity contribution in [3.63, 3.8) is 0 Å². The van der Waals surface area contributed by atoms with Crippen molar-refractivity contribution >= 4 is 5.97 Å². The molecule has 3 nitrogen and oxygen atoms in total. The predicted molar refractivity (Wildman–Crippen MR) is 58.6 cm³/mol. The standard InChI is InChI=1S/C11H20F3NO2/c1-5-17-9(16)10(4,6-8(2)3)15-7-11(12,13)14/h8,15H,5-7H2,1-4H3. The van der Waals surface area contributed by atoms with Gasteiger partial charge in [0, 0.05) is 0 Å². The predicted octanol–water partition coefficient (Wildman–Crippen LogP) is 2.51. The van der Waals surface area contributed by atoms with Gasteiger partial charge in [-0.05, 0) is 26.2 Å². The van der Waals surface area contributed by atoms with Crippen LogP contribution in [0, 0.1) is 5.92 Å². The van der Waals surface area contributed by atoms with Crippen LogP contribution >= 0.6 is 0 Å². The quantitative estimate of drug-likeness (QED) is 0.741. The third kappa shape index (κ3) is 6.51. The lowest BCUT2D eigenvalue weighted by atomic mass is 9.90. The summed E-state index contributed by atoms with van der Waals surface area (Å²) in [6.07, 6.45) is -4.05. The number of hydrogen-bond donors (Lipinski definition) is 1. The molecule has 1 N–H and O–H groups in total. The SMILES string of the molecule is CCOC(=O)C(C)(CC(C)C)NCC(F)(F)F. The van der Waals surface area contributed by atoms with Crippen LogP contribution in [0.2, 0.25) is 0 Å². The monoisotopic (exact) mass is 255 g/mol. The summed E-state index contributed by atoms with van der Waals surface area (Å²) >= 11 is 0. The first kappa shape index (κ1) is 16.2. The highest BCUT2D eigenvalue weighted by Crippen LogP contribution is 2.21. The van der Waals surface area contributed by atoms with Gasteiger partial charge in [-0.2, -0.15) is 13.2 Å². The summed E-state index contributed by atoms with van der Waals surface area (Å²) in [5.74, 6) is -0.553. The maximum absolute atomic E-state index is 12.2. The molecule has 0 fully saturated rings. The van der Waals surface area contributed by atoms with Gasteiger partial charge in [-0.3, -0.25) is 10.1 Å². The number of halogens is 3. The molecule has 1 atom stereocenters. The van der Waals surface area contributed by atoms with Gasteiger partial charge in [-0.1, -0.05) is 13.8 Å². The second kappa shape index (κ2) is 6.23. The van der Waals surface area contributed by atoms with E-state index in [-0.39, 0.29) is 12.5 Å². The average molecular weight is 255 g/mol. The molecule has 0 amide bonds. The minimum atomic E-state index is -4.34. The summed E-state index contributed by atoms with van der Waals surface area (Å²) < 4.78 is 41.3. The minimum Gasteiger partial charge on any atom is -0.465 e. The number of alkyl halides is 3. The Kier molecular flexibility index (Phi) is 5.95. The zero-order valence-electron chi connectivity index (χ0n) is 10.6. The number of nitrogens with one attached hydrogen (secondary N) is 1. The summed E-state index contributed by atoms with van der Waals surface area (Å²) in [7, 11) is 0. The van der Waals surface area contributed by atoms with E-state index in [0.29, 0.717) is 6.42 Å². The third-order valence-electron chi connectivity index (χ3n) is 2.22. The van der Waals surface area contributed by atoms with E-state index >= 15 is 0 Å². The van der Waals surface area contributed by atoms with Crippen molar-refractivity contribution in [3.05, 3.63) is 0 Å². The fourth-order valence-electron chi connectivity index (χ4n) is 1.63. The average Bonchev–Trinajstić information content (AvgIpc) is 2.13. The van der Waals surface area contributed by atoms with Crippen LogP contribution in [0.3, 0.4) is 0 Å². The van der Waals surface area contributed by atoms with Gasteiger partial charge in [0.25, 0.3) is 0 Å². The molecule has 0 aliphatic rings. The molecule has 0 rings (SSSR count). The summed E-state index contributed by atoms with van der Waals surface area (Å²) in [6, 6.07) is 0. The van der Waals surface area contributed by atoms with Crippen LogP contribution in [0.15, 0.2) is 0 Å². The van der Waals surface area contributed by atoms with Gasteiger partial charge in [0.05, 0.1) is 13.2 Å². The number of ether oxygens (including phenoxy) is 1. The molecular weight excluding hydrogens is 235 g/mol. The fraction of sp³-hybridized carbons (Fsp3) is 0.909. The number of esters is 1. The Morgan fingerprint density at radius 3 is 2.24 bits per heavy atom. The van der Waals surface area contributed by atoms with Gasteiger partial charge in [0.2, 0.25) is 0 Å². The molecule has 0 aliphatic carbocycles.